The molecule has 0 fully saturated rings. The van der Waals surface area contributed by atoms with Crippen molar-refractivity contribution in [1.29, 1.82) is 0 Å². The first-order chi connectivity index (χ1) is 13.1. The topological polar surface area (TPSA) is 52.6 Å². The Labute approximate surface area is 162 Å². The molecule has 0 bridgehead atoms. The summed E-state index contributed by atoms with van der Waals surface area (Å²) in [4.78, 5) is 0.0711. The van der Waals surface area contributed by atoms with Crippen molar-refractivity contribution in [3.63, 3.8) is 0 Å². The largest absolute Gasteiger partial charge is 0.457 e. The Bertz CT molecular complexity index is 859. The lowest BCUT2D eigenvalue weighted by atomic mass is 10.3. The van der Waals surface area contributed by atoms with Gasteiger partial charge in [-0.25, -0.2) is 0 Å². The molecular formula is C22H26O4S. The lowest BCUT2D eigenvalue weighted by Crippen LogP contribution is -2.09. The zero-order valence-corrected chi connectivity index (χ0v) is 16.9. The molecule has 0 aromatic heterocycles. The van der Waals surface area contributed by atoms with Gasteiger partial charge in [-0.05, 0) is 48.5 Å². The van der Waals surface area contributed by atoms with E-state index in [4.69, 9.17) is 8.92 Å². The molecule has 4 nitrogen and oxygen atoms in total. The lowest BCUT2D eigenvalue weighted by molar-refractivity contribution is 0.479. The summed E-state index contributed by atoms with van der Waals surface area (Å²) < 4.78 is 35.1. The minimum absolute atomic E-state index is 0.0711. The summed E-state index contributed by atoms with van der Waals surface area (Å²) in [5.74, 6) is 1.51. The molecule has 0 aliphatic rings. The first-order valence-corrected chi connectivity index (χ1v) is 10.4. The van der Waals surface area contributed by atoms with E-state index in [9.17, 15) is 8.42 Å². The zero-order valence-electron chi connectivity index (χ0n) is 16.1. The van der Waals surface area contributed by atoms with Crippen LogP contribution in [0.25, 0.3) is 0 Å². The maximum absolute atomic E-state index is 12.2. The van der Waals surface area contributed by atoms with Gasteiger partial charge in [0.25, 0.3) is 0 Å². The minimum atomic E-state index is -3.86. The Hall–Kier alpha value is -2.79. The molecule has 0 spiro atoms. The first kappa shape index (κ1) is 22.3. The van der Waals surface area contributed by atoms with Crippen molar-refractivity contribution in [2.75, 3.05) is 0 Å². The van der Waals surface area contributed by atoms with E-state index in [2.05, 4.69) is 0 Å². The van der Waals surface area contributed by atoms with Gasteiger partial charge in [0, 0.05) is 0 Å². The molecule has 0 amide bonds. The van der Waals surface area contributed by atoms with Crippen LogP contribution >= 0.6 is 0 Å². The van der Waals surface area contributed by atoms with Gasteiger partial charge in [-0.2, -0.15) is 8.42 Å². The molecule has 0 aliphatic carbocycles. The van der Waals surface area contributed by atoms with Crippen LogP contribution in [0.1, 0.15) is 27.7 Å². The summed E-state index contributed by atoms with van der Waals surface area (Å²) in [6, 6.07) is 23.7. The molecule has 27 heavy (non-hydrogen) atoms. The normalized spacial score (nSPS) is 9.78. The van der Waals surface area contributed by atoms with Gasteiger partial charge < -0.3 is 8.92 Å². The molecule has 3 aromatic carbocycles. The second-order valence-corrected chi connectivity index (χ2v) is 6.28. The molecule has 0 aliphatic heterocycles. The van der Waals surface area contributed by atoms with Crippen LogP contribution in [0.4, 0.5) is 0 Å². The molecule has 5 heteroatoms. The molecule has 0 saturated heterocycles. The second-order valence-electron chi connectivity index (χ2n) is 4.74. The Kier molecular flexibility index (Phi) is 9.69. The zero-order chi connectivity index (χ0) is 20.1. The van der Waals surface area contributed by atoms with Gasteiger partial charge in [-0.3, -0.25) is 0 Å². The maximum atomic E-state index is 12.2. The fourth-order valence-corrected chi connectivity index (χ4v) is 2.88. The van der Waals surface area contributed by atoms with E-state index in [0.717, 1.165) is 0 Å². The Morgan fingerprint density at radius 1 is 0.556 bits per heavy atom. The van der Waals surface area contributed by atoms with Crippen molar-refractivity contribution in [3.8, 4) is 17.2 Å². The predicted octanol–water partition coefficient (Wildman–Crippen LogP) is 6.30. The number of ether oxygens (including phenoxy) is 1. The van der Waals surface area contributed by atoms with Crippen LogP contribution in [0, 0.1) is 0 Å². The molecule has 3 aromatic rings. The molecule has 144 valence electrons. The van der Waals surface area contributed by atoms with Gasteiger partial charge in [-0.1, -0.05) is 64.1 Å². The minimum Gasteiger partial charge on any atom is -0.457 e. The van der Waals surface area contributed by atoms with Crippen LogP contribution in [0.5, 0.6) is 17.2 Å². The standard InChI is InChI=1S/C18H14O4S.2C2H6/c19-23(20,22-17-9-5-2-6-10-17)18-13-11-16(12-14-18)21-15-7-3-1-4-8-15;2*1-2/h1-14H;2*1-2H3. The van der Waals surface area contributed by atoms with Crippen molar-refractivity contribution < 1.29 is 17.3 Å². The molecule has 0 N–H and O–H groups in total. The Morgan fingerprint density at radius 3 is 1.44 bits per heavy atom. The number of rotatable bonds is 5. The van der Waals surface area contributed by atoms with Crippen LogP contribution in [0.3, 0.4) is 0 Å². The van der Waals surface area contributed by atoms with Crippen LogP contribution in [-0.4, -0.2) is 8.42 Å². The summed E-state index contributed by atoms with van der Waals surface area (Å²) >= 11 is 0. The third-order valence-corrected chi connectivity index (χ3v) is 4.30. The fourth-order valence-electron chi connectivity index (χ4n) is 1.95. The van der Waals surface area contributed by atoms with Gasteiger partial charge in [0.05, 0.1) is 0 Å². The fraction of sp³-hybridized carbons (Fsp3) is 0.182. The van der Waals surface area contributed by atoms with E-state index in [1.165, 1.54) is 12.1 Å². The van der Waals surface area contributed by atoms with Gasteiger partial charge in [0.2, 0.25) is 0 Å². The smallest absolute Gasteiger partial charge is 0.339 e. The van der Waals surface area contributed by atoms with E-state index in [1.54, 1.807) is 42.5 Å². The number of hydrogen-bond donors (Lipinski definition) is 0. The molecule has 3 rings (SSSR count). The Morgan fingerprint density at radius 2 is 0.963 bits per heavy atom. The summed E-state index contributed by atoms with van der Waals surface area (Å²) in [5.41, 5.74) is 0. The van der Waals surface area contributed by atoms with E-state index < -0.39 is 10.1 Å². The summed E-state index contributed by atoms with van der Waals surface area (Å²) in [6.45, 7) is 8.00. The van der Waals surface area contributed by atoms with Crippen LogP contribution in [0.15, 0.2) is 89.8 Å². The van der Waals surface area contributed by atoms with Gasteiger partial charge in [0.1, 0.15) is 22.1 Å². The summed E-state index contributed by atoms with van der Waals surface area (Å²) in [6.07, 6.45) is 0. The van der Waals surface area contributed by atoms with Crippen molar-refractivity contribution in [1.82, 2.24) is 0 Å². The Balaban J connectivity index is 0.000000855. The number of para-hydroxylation sites is 2. The highest BCUT2D eigenvalue weighted by molar-refractivity contribution is 7.87. The van der Waals surface area contributed by atoms with E-state index in [0.29, 0.717) is 11.5 Å². The van der Waals surface area contributed by atoms with E-state index >= 15 is 0 Å². The lowest BCUT2D eigenvalue weighted by Gasteiger charge is -2.08. The molecule has 0 radical (unpaired) electrons. The van der Waals surface area contributed by atoms with Crippen LogP contribution < -0.4 is 8.92 Å². The third kappa shape index (κ3) is 7.15. The molecule has 0 atom stereocenters. The van der Waals surface area contributed by atoms with Crippen molar-refractivity contribution in [2.45, 2.75) is 32.6 Å². The highest BCUT2D eigenvalue weighted by Crippen LogP contribution is 2.24. The molecule has 0 unspecified atom stereocenters. The summed E-state index contributed by atoms with van der Waals surface area (Å²) in [5, 5.41) is 0. The monoisotopic (exact) mass is 386 g/mol. The molecular weight excluding hydrogens is 360 g/mol. The van der Waals surface area contributed by atoms with Crippen LogP contribution in [-0.2, 0) is 10.1 Å². The van der Waals surface area contributed by atoms with Crippen LogP contribution in [0.2, 0.25) is 0 Å². The average molecular weight is 387 g/mol. The molecule has 0 heterocycles. The maximum Gasteiger partial charge on any atom is 0.339 e. The second kappa shape index (κ2) is 11.8. The third-order valence-electron chi connectivity index (χ3n) is 3.04. The van der Waals surface area contributed by atoms with Gasteiger partial charge >= 0.3 is 10.1 Å². The highest BCUT2D eigenvalue weighted by atomic mass is 32.2. The highest BCUT2D eigenvalue weighted by Gasteiger charge is 2.16. The molecule has 0 saturated carbocycles. The number of hydrogen-bond acceptors (Lipinski definition) is 4. The van der Waals surface area contributed by atoms with Gasteiger partial charge in [-0.15, -0.1) is 0 Å². The first-order valence-electron chi connectivity index (χ1n) is 8.96. The van der Waals surface area contributed by atoms with Crippen molar-refractivity contribution in [2.24, 2.45) is 0 Å². The summed E-state index contributed by atoms with van der Waals surface area (Å²) in [7, 11) is -3.86. The van der Waals surface area contributed by atoms with Crippen molar-refractivity contribution >= 4 is 10.1 Å². The van der Waals surface area contributed by atoms with E-state index in [-0.39, 0.29) is 10.6 Å². The van der Waals surface area contributed by atoms with E-state index in [1.807, 2.05) is 58.0 Å². The predicted molar refractivity (Wildman–Crippen MR) is 110 cm³/mol. The average Bonchev–Trinajstić information content (AvgIpc) is 2.73. The van der Waals surface area contributed by atoms with Crippen molar-refractivity contribution in [3.05, 3.63) is 84.9 Å². The SMILES string of the molecule is CC.CC.O=S(=O)(Oc1ccccc1)c1ccc(Oc2ccccc2)cc1. The number of benzene rings is 3. The van der Waals surface area contributed by atoms with Gasteiger partial charge in [0.15, 0.2) is 0 Å². The quantitative estimate of drug-likeness (QED) is 0.483.